The van der Waals surface area contributed by atoms with Crippen LogP contribution in [0.25, 0.3) is 0 Å². The molecule has 0 radical (unpaired) electrons. The largest absolute Gasteiger partial charge is 0.341 e. The van der Waals surface area contributed by atoms with Gasteiger partial charge in [-0.15, -0.1) is 0 Å². The lowest BCUT2D eigenvalue weighted by Crippen LogP contribution is -2.21. The Morgan fingerprint density at radius 3 is 2.45 bits per heavy atom. The van der Waals surface area contributed by atoms with Gasteiger partial charge in [-0.25, -0.2) is 9.97 Å². The molecule has 2 aliphatic rings. The molecular weight excluding hydrogens is 252 g/mol. The Labute approximate surface area is 119 Å². The van der Waals surface area contributed by atoms with Crippen molar-refractivity contribution in [3.05, 3.63) is 12.4 Å². The van der Waals surface area contributed by atoms with Crippen LogP contribution in [0.4, 0.5) is 11.6 Å². The first-order valence-electron chi connectivity index (χ1n) is 7.68. The molecule has 2 heterocycles. The van der Waals surface area contributed by atoms with Gasteiger partial charge >= 0.3 is 0 Å². The van der Waals surface area contributed by atoms with E-state index in [2.05, 4.69) is 20.2 Å². The Kier molecular flexibility index (Phi) is 4.14. The number of hydrogen-bond acceptors (Lipinski definition) is 4. The van der Waals surface area contributed by atoms with Crippen LogP contribution in [0.15, 0.2) is 12.4 Å². The summed E-state index contributed by atoms with van der Waals surface area (Å²) < 4.78 is 0. The summed E-state index contributed by atoms with van der Waals surface area (Å²) in [4.78, 5) is 22.8. The van der Waals surface area contributed by atoms with Crippen LogP contribution in [0.2, 0.25) is 0 Å². The Morgan fingerprint density at radius 1 is 1.15 bits per heavy atom. The molecule has 5 nitrogen and oxygen atoms in total. The Balaban J connectivity index is 1.53. The first-order chi connectivity index (χ1) is 9.81. The van der Waals surface area contributed by atoms with E-state index < -0.39 is 0 Å². The zero-order chi connectivity index (χ0) is 13.8. The second-order valence-corrected chi connectivity index (χ2v) is 5.87. The molecule has 3 rings (SSSR count). The summed E-state index contributed by atoms with van der Waals surface area (Å²) in [5.74, 6) is 1.44. The van der Waals surface area contributed by atoms with E-state index in [1.807, 2.05) is 0 Å². The molecule has 0 bridgehead atoms. The number of carbonyl (C=O) groups excluding carboxylic acids is 1. The van der Waals surface area contributed by atoms with Crippen LogP contribution >= 0.6 is 0 Å². The van der Waals surface area contributed by atoms with Crippen LogP contribution in [0.1, 0.15) is 44.9 Å². The van der Waals surface area contributed by atoms with E-state index in [9.17, 15) is 4.79 Å². The standard InChI is InChI=1S/C15H22N4O/c20-14(9-12-5-1-2-6-12)18-13-10-16-15(17-11-13)19-7-3-4-8-19/h10-12H,1-9H2,(H,18,20). The minimum Gasteiger partial charge on any atom is -0.341 e. The predicted octanol–water partition coefficient (Wildman–Crippen LogP) is 2.60. The van der Waals surface area contributed by atoms with E-state index in [1.165, 1.54) is 38.5 Å². The molecule has 1 saturated carbocycles. The minimum atomic E-state index is 0.0921. The molecule has 1 aromatic heterocycles. The van der Waals surface area contributed by atoms with E-state index in [-0.39, 0.29) is 5.91 Å². The van der Waals surface area contributed by atoms with Crippen molar-refractivity contribution in [1.82, 2.24) is 9.97 Å². The lowest BCUT2D eigenvalue weighted by molar-refractivity contribution is -0.117. The lowest BCUT2D eigenvalue weighted by atomic mass is 10.0. The van der Waals surface area contributed by atoms with Gasteiger partial charge in [0, 0.05) is 19.5 Å². The van der Waals surface area contributed by atoms with Crippen LogP contribution in [0.3, 0.4) is 0 Å². The highest BCUT2D eigenvalue weighted by atomic mass is 16.1. The van der Waals surface area contributed by atoms with Crippen molar-refractivity contribution >= 4 is 17.5 Å². The Bertz CT molecular complexity index is 447. The monoisotopic (exact) mass is 274 g/mol. The third-order valence-electron chi connectivity index (χ3n) is 4.26. The fraction of sp³-hybridized carbons (Fsp3) is 0.667. The molecule has 1 aliphatic carbocycles. The molecule has 0 aromatic carbocycles. The molecule has 1 saturated heterocycles. The third kappa shape index (κ3) is 3.26. The fourth-order valence-corrected chi connectivity index (χ4v) is 3.15. The van der Waals surface area contributed by atoms with Gasteiger partial charge in [-0.1, -0.05) is 12.8 Å². The van der Waals surface area contributed by atoms with Crippen molar-refractivity contribution in [2.75, 3.05) is 23.3 Å². The molecule has 2 fully saturated rings. The van der Waals surface area contributed by atoms with Crippen LogP contribution in [-0.2, 0) is 4.79 Å². The van der Waals surface area contributed by atoms with Gasteiger partial charge in [0.15, 0.2) is 0 Å². The summed E-state index contributed by atoms with van der Waals surface area (Å²) >= 11 is 0. The number of carbonyl (C=O) groups is 1. The summed E-state index contributed by atoms with van der Waals surface area (Å²) in [6.07, 6.45) is 11.4. The quantitative estimate of drug-likeness (QED) is 0.917. The molecule has 20 heavy (non-hydrogen) atoms. The van der Waals surface area contributed by atoms with E-state index >= 15 is 0 Å². The predicted molar refractivity (Wildman–Crippen MR) is 78.7 cm³/mol. The first-order valence-corrected chi connectivity index (χ1v) is 7.68. The molecule has 0 atom stereocenters. The smallest absolute Gasteiger partial charge is 0.225 e. The molecule has 1 amide bonds. The highest BCUT2D eigenvalue weighted by Gasteiger charge is 2.19. The number of hydrogen-bond donors (Lipinski definition) is 1. The topological polar surface area (TPSA) is 58.1 Å². The number of rotatable bonds is 4. The number of nitrogens with one attached hydrogen (secondary N) is 1. The maximum atomic E-state index is 11.9. The highest BCUT2D eigenvalue weighted by molar-refractivity contribution is 5.90. The van der Waals surface area contributed by atoms with Gasteiger partial charge in [0.05, 0.1) is 18.1 Å². The van der Waals surface area contributed by atoms with Crippen LogP contribution in [0, 0.1) is 5.92 Å². The normalized spacial score (nSPS) is 19.5. The van der Waals surface area contributed by atoms with Gasteiger partial charge in [-0.2, -0.15) is 0 Å². The maximum absolute atomic E-state index is 11.9. The van der Waals surface area contributed by atoms with Gasteiger partial charge < -0.3 is 10.2 Å². The van der Waals surface area contributed by atoms with Gasteiger partial charge in [-0.05, 0) is 31.6 Å². The zero-order valence-corrected chi connectivity index (χ0v) is 11.8. The first kappa shape index (κ1) is 13.3. The zero-order valence-electron chi connectivity index (χ0n) is 11.8. The van der Waals surface area contributed by atoms with Gasteiger partial charge in [0.1, 0.15) is 0 Å². The van der Waals surface area contributed by atoms with E-state index in [0.717, 1.165) is 19.0 Å². The molecule has 108 valence electrons. The molecule has 1 aliphatic heterocycles. The Hall–Kier alpha value is -1.65. The van der Waals surface area contributed by atoms with Crippen molar-refractivity contribution in [3.63, 3.8) is 0 Å². The number of nitrogens with zero attached hydrogens (tertiary/aromatic N) is 3. The lowest BCUT2D eigenvalue weighted by Gasteiger charge is -2.15. The van der Waals surface area contributed by atoms with Crippen LogP contribution < -0.4 is 10.2 Å². The van der Waals surface area contributed by atoms with Gasteiger partial charge in [0.25, 0.3) is 0 Å². The summed E-state index contributed by atoms with van der Waals surface area (Å²) in [6.45, 7) is 2.07. The average Bonchev–Trinajstić information content (AvgIpc) is 3.12. The maximum Gasteiger partial charge on any atom is 0.225 e. The fourth-order valence-electron chi connectivity index (χ4n) is 3.15. The third-order valence-corrected chi connectivity index (χ3v) is 4.26. The number of anilines is 2. The average molecular weight is 274 g/mol. The molecule has 5 heteroatoms. The Morgan fingerprint density at radius 2 is 1.80 bits per heavy atom. The minimum absolute atomic E-state index is 0.0921. The van der Waals surface area contributed by atoms with Crippen molar-refractivity contribution in [1.29, 1.82) is 0 Å². The summed E-state index contributed by atoms with van der Waals surface area (Å²) in [7, 11) is 0. The van der Waals surface area contributed by atoms with E-state index in [4.69, 9.17) is 0 Å². The van der Waals surface area contributed by atoms with Crippen LogP contribution in [-0.4, -0.2) is 29.0 Å². The van der Waals surface area contributed by atoms with Crippen molar-refractivity contribution in [2.24, 2.45) is 5.92 Å². The van der Waals surface area contributed by atoms with Crippen molar-refractivity contribution in [2.45, 2.75) is 44.9 Å². The molecule has 0 spiro atoms. The number of amides is 1. The van der Waals surface area contributed by atoms with Crippen molar-refractivity contribution in [3.8, 4) is 0 Å². The van der Waals surface area contributed by atoms with Crippen molar-refractivity contribution < 1.29 is 4.79 Å². The SMILES string of the molecule is O=C(CC1CCCC1)Nc1cnc(N2CCCC2)nc1. The molecule has 0 unspecified atom stereocenters. The summed E-state index contributed by atoms with van der Waals surface area (Å²) in [5.41, 5.74) is 0.705. The second kappa shape index (κ2) is 6.20. The highest BCUT2D eigenvalue weighted by Crippen LogP contribution is 2.27. The molecular formula is C15H22N4O. The summed E-state index contributed by atoms with van der Waals surface area (Å²) in [5, 5.41) is 2.90. The number of aromatic nitrogens is 2. The van der Waals surface area contributed by atoms with Gasteiger partial charge in [0.2, 0.25) is 11.9 Å². The van der Waals surface area contributed by atoms with Gasteiger partial charge in [-0.3, -0.25) is 4.79 Å². The molecule has 1 N–H and O–H groups in total. The second-order valence-electron chi connectivity index (χ2n) is 5.87. The molecule has 1 aromatic rings. The van der Waals surface area contributed by atoms with E-state index in [1.54, 1.807) is 12.4 Å². The summed E-state index contributed by atoms with van der Waals surface area (Å²) in [6, 6.07) is 0. The van der Waals surface area contributed by atoms with E-state index in [0.29, 0.717) is 18.0 Å². The van der Waals surface area contributed by atoms with Crippen LogP contribution in [0.5, 0.6) is 0 Å².